The smallest absolute Gasteiger partial charge is 0.217 e. The van der Waals surface area contributed by atoms with Crippen molar-refractivity contribution in [2.75, 3.05) is 0 Å². The van der Waals surface area contributed by atoms with E-state index in [1.165, 1.54) is 25.8 Å². The first-order valence-electron chi connectivity index (χ1n) is 13.9. The summed E-state index contributed by atoms with van der Waals surface area (Å²) in [5.74, 6) is 1.70. The molecule has 4 aliphatic rings. The molecule has 0 heterocycles. The molecule has 0 aromatic heterocycles. The van der Waals surface area contributed by atoms with Crippen molar-refractivity contribution < 1.29 is 19.5 Å². The molecule has 0 radical (unpaired) electrons. The lowest BCUT2D eigenvalue weighted by Crippen LogP contribution is -2.63. The summed E-state index contributed by atoms with van der Waals surface area (Å²) in [4.78, 5) is 33.2. The van der Waals surface area contributed by atoms with Crippen LogP contribution in [-0.2, 0) is 14.4 Å². The van der Waals surface area contributed by atoms with Crippen molar-refractivity contribution in [3.63, 3.8) is 0 Å². The quantitative estimate of drug-likeness (QED) is 0.443. The Bertz CT molecular complexity index is 785. The average molecular weight is 492 g/mol. The lowest BCUT2D eigenvalue weighted by Gasteiger charge is -2.61. The second kappa shape index (κ2) is 12.7. The summed E-state index contributed by atoms with van der Waals surface area (Å²) in [5.41, 5.74) is 0.932. The molecule has 6 unspecified atom stereocenters. The van der Waals surface area contributed by atoms with Gasteiger partial charge in [-0.25, -0.2) is 0 Å². The fourth-order valence-corrected chi connectivity index (χ4v) is 7.52. The number of hydrogen-bond donors (Lipinski definition) is 2. The van der Waals surface area contributed by atoms with E-state index < -0.39 is 0 Å². The molecule has 0 saturated heterocycles. The van der Waals surface area contributed by atoms with E-state index in [2.05, 4.69) is 39.9 Å². The van der Waals surface area contributed by atoms with Gasteiger partial charge in [0, 0.05) is 18.9 Å². The molecule has 1 amide bonds. The molecule has 0 spiro atoms. The maximum absolute atomic E-state index is 11.9. The second-order valence-corrected chi connectivity index (χ2v) is 11.7. The number of carbonyl (C=O) groups excluding carboxylic acids is 3. The molecule has 5 nitrogen and oxygen atoms in total. The highest BCUT2D eigenvalue weighted by Crippen LogP contribution is 2.67. The molecule has 4 aliphatic carbocycles. The van der Waals surface area contributed by atoms with Gasteiger partial charge in [0.2, 0.25) is 5.91 Å². The van der Waals surface area contributed by atoms with E-state index in [9.17, 15) is 19.5 Å². The molecule has 0 bridgehead atoms. The lowest BCUT2D eigenvalue weighted by atomic mass is 9.45. The van der Waals surface area contributed by atoms with Crippen molar-refractivity contribution in [2.24, 2.45) is 28.6 Å². The predicted molar refractivity (Wildman–Crippen MR) is 144 cm³/mol. The largest absolute Gasteiger partial charge is 0.393 e. The summed E-state index contributed by atoms with van der Waals surface area (Å²) in [6.07, 6.45) is 9.16. The van der Waals surface area contributed by atoms with Crippen molar-refractivity contribution in [1.29, 1.82) is 0 Å². The van der Waals surface area contributed by atoms with Gasteiger partial charge in [-0.05, 0) is 94.0 Å². The average Bonchev–Trinajstić information content (AvgIpc) is 2.99. The first-order chi connectivity index (χ1) is 16.3. The standard InChI is InChI=1S/C22H33NO3.C3H6O.C3H8.C2H6/c1-13(24)23-22(4)10-8-17-16-6-5-14-11-15(25)7-9-20(14,2)19(16)18(26)12-21(17,22)3;1-3(2)4;1-3-2;1-2/h11,16-19,26H,5-10,12H2,1-4H3,(H,23,24);1-2H3;3H2,1-2H3;1-2H3/t16?,17?,18?,19?,20?,21?,22-;;;/m1.../s1. The van der Waals surface area contributed by atoms with Crippen LogP contribution < -0.4 is 5.32 Å². The van der Waals surface area contributed by atoms with Gasteiger partial charge in [-0.15, -0.1) is 0 Å². The minimum atomic E-state index is -0.366. The number of carbonyl (C=O) groups is 3. The molecule has 0 aromatic carbocycles. The molecule has 5 heteroatoms. The summed E-state index contributed by atoms with van der Waals surface area (Å²) >= 11 is 0. The molecular weight excluding hydrogens is 438 g/mol. The third-order valence-electron chi connectivity index (χ3n) is 8.95. The zero-order chi connectivity index (χ0) is 27.2. The zero-order valence-electron chi connectivity index (χ0n) is 24.2. The zero-order valence-corrected chi connectivity index (χ0v) is 24.2. The van der Waals surface area contributed by atoms with Crippen LogP contribution in [0.25, 0.3) is 0 Å². The number of hydrogen-bond acceptors (Lipinski definition) is 4. The first-order valence-corrected chi connectivity index (χ1v) is 13.9. The second-order valence-electron chi connectivity index (χ2n) is 11.7. The van der Waals surface area contributed by atoms with Crippen LogP contribution in [0.2, 0.25) is 0 Å². The van der Waals surface area contributed by atoms with Gasteiger partial charge in [-0.2, -0.15) is 0 Å². The number of Topliss-reactive ketones (excluding diaryl/α,β-unsaturated/α-hetero) is 1. The summed E-state index contributed by atoms with van der Waals surface area (Å²) in [5, 5.41) is 14.6. The number of amides is 1. The summed E-state index contributed by atoms with van der Waals surface area (Å²) in [6, 6.07) is 0. The van der Waals surface area contributed by atoms with Gasteiger partial charge in [0.25, 0.3) is 0 Å². The van der Waals surface area contributed by atoms with E-state index in [0.29, 0.717) is 18.3 Å². The van der Waals surface area contributed by atoms with Crippen LogP contribution in [0.4, 0.5) is 0 Å². The maximum Gasteiger partial charge on any atom is 0.217 e. The molecule has 35 heavy (non-hydrogen) atoms. The lowest BCUT2D eigenvalue weighted by molar-refractivity contribution is -0.142. The van der Waals surface area contributed by atoms with Crippen LogP contribution in [0.3, 0.4) is 0 Å². The fraction of sp³-hybridized carbons (Fsp3) is 0.833. The first kappa shape index (κ1) is 31.5. The normalized spacial score (nSPS) is 38.8. The molecule has 4 rings (SSSR count). The summed E-state index contributed by atoms with van der Waals surface area (Å²) < 4.78 is 0. The molecule has 0 aromatic rings. The van der Waals surface area contributed by atoms with Gasteiger partial charge in [0.15, 0.2) is 5.78 Å². The van der Waals surface area contributed by atoms with Crippen LogP contribution in [0.1, 0.15) is 121 Å². The summed E-state index contributed by atoms with van der Waals surface area (Å²) in [6.45, 7) is 19.7. The van der Waals surface area contributed by atoms with Gasteiger partial charge in [-0.1, -0.05) is 53.5 Å². The fourth-order valence-electron chi connectivity index (χ4n) is 7.52. The maximum atomic E-state index is 11.9. The number of fused-ring (bicyclic) bond motifs is 5. The third-order valence-corrected chi connectivity index (χ3v) is 8.95. The van der Waals surface area contributed by atoms with Gasteiger partial charge >= 0.3 is 0 Å². The van der Waals surface area contributed by atoms with Crippen molar-refractivity contribution in [3.05, 3.63) is 11.6 Å². The Labute approximate surface area is 214 Å². The summed E-state index contributed by atoms with van der Waals surface area (Å²) in [7, 11) is 0. The van der Waals surface area contributed by atoms with Crippen molar-refractivity contribution in [1.82, 2.24) is 5.32 Å². The molecule has 202 valence electrons. The van der Waals surface area contributed by atoms with Crippen LogP contribution in [-0.4, -0.2) is 34.2 Å². The Kier molecular flexibility index (Phi) is 11.4. The van der Waals surface area contributed by atoms with E-state index in [-0.39, 0.29) is 45.9 Å². The van der Waals surface area contributed by atoms with E-state index >= 15 is 0 Å². The van der Waals surface area contributed by atoms with Crippen molar-refractivity contribution in [3.8, 4) is 0 Å². The van der Waals surface area contributed by atoms with E-state index in [0.717, 1.165) is 38.5 Å². The monoisotopic (exact) mass is 491 g/mol. The van der Waals surface area contributed by atoms with Gasteiger partial charge in [0.05, 0.1) is 6.10 Å². The van der Waals surface area contributed by atoms with Crippen LogP contribution in [0.15, 0.2) is 11.6 Å². The highest BCUT2D eigenvalue weighted by Gasteiger charge is 2.65. The number of rotatable bonds is 1. The number of aliphatic hydroxyl groups is 1. The van der Waals surface area contributed by atoms with Crippen LogP contribution >= 0.6 is 0 Å². The molecule has 7 atom stereocenters. The van der Waals surface area contributed by atoms with Crippen molar-refractivity contribution in [2.45, 2.75) is 132 Å². The Morgan fingerprint density at radius 1 is 1.03 bits per heavy atom. The minimum absolute atomic E-state index is 0.0256. The molecule has 3 saturated carbocycles. The number of ketones is 2. The highest BCUT2D eigenvalue weighted by molar-refractivity contribution is 5.91. The van der Waals surface area contributed by atoms with Crippen LogP contribution in [0, 0.1) is 28.6 Å². The molecule has 2 N–H and O–H groups in total. The molecule has 3 fully saturated rings. The van der Waals surface area contributed by atoms with Gasteiger partial charge in [-0.3, -0.25) is 9.59 Å². The highest BCUT2D eigenvalue weighted by atomic mass is 16.3. The number of aliphatic hydroxyl groups excluding tert-OH is 1. The third kappa shape index (κ3) is 6.45. The molecular formula is C30H53NO4. The van der Waals surface area contributed by atoms with E-state index in [1.54, 1.807) is 6.92 Å². The van der Waals surface area contributed by atoms with Gasteiger partial charge in [0.1, 0.15) is 5.78 Å². The van der Waals surface area contributed by atoms with E-state index in [1.807, 2.05) is 19.9 Å². The Balaban J connectivity index is 0.000000597. The Hall–Kier alpha value is -1.49. The Morgan fingerprint density at radius 2 is 1.57 bits per heavy atom. The Morgan fingerprint density at radius 3 is 2.09 bits per heavy atom. The SMILES string of the molecule is CC.CC(=O)N[C@]1(C)CCC2C3CCC4=CC(=O)CCC4(C)C3C(O)CC21C.CC(C)=O.CCC. The number of allylic oxidation sites excluding steroid dienone is 1. The van der Waals surface area contributed by atoms with Gasteiger partial charge < -0.3 is 15.2 Å². The van der Waals surface area contributed by atoms with Crippen LogP contribution in [0.5, 0.6) is 0 Å². The van der Waals surface area contributed by atoms with E-state index in [4.69, 9.17) is 0 Å². The minimum Gasteiger partial charge on any atom is -0.393 e. The number of nitrogens with one attached hydrogen (secondary N) is 1. The molecule has 0 aliphatic heterocycles. The van der Waals surface area contributed by atoms with Crippen molar-refractivity contribution >= 4 is 17.5 Å². The topological polar surface area (TPSA) is 83.5 Å². The predicted octanol–water partition coefficient (Wildman–Crippen LogP) is 6.42.